The summed E-state index contributed by atoms with van der Waals surface area (Å²) in [5.74, 6) is -32.0. The summed E-state index contributed by atoms with van der Waals surface area (Å²) in [6, 6.07) is -31.2. The molecule has 56 nitrogen and oxygen atoms in total. The first-order chi connectivity index (χ1) is 65.3. The maximum Gasteiger partial charge on any atom is 0.326 e. The number of rotatable bonds is 63. The van der Waals surface area contributed by atoms with E-state index in [9.17, 15) is 155 Å². The number of carboxylic acid groups (broad SMARTS) is 3. The zero-order valence-corrected chi connectivity index (χ0v) is 80.6. The van der Waals surface area contributed by atoms with Crippen molar-refractivity contribution >= 4 is 166 Å². The Morgan fingerprint density at radius 3 is 1.09 bits per heavy atom. The summed E-state index contributed by atoms with van der Waals surface area (Å²) in [6.45, 7) is 11.4. The lowest BCUT2D eigenvalue weighted by molar-refractivity contribution is -0.146. The normalized spacial score (nSPS) is 17.0. The van der Waals surface area contributed by atoms with Gasteiger partial charge in [-0.3, -0.25) is 120 Å². The van der Waals surface area contributed by atoms with Crippen LogP contribution in [0.1, 0.15) is 172 Å². The molecule has 0 aliphatic carbocycles. The minimum absolute atomic E-state index is 0.0443. The Hall–Kier alpha value is -13.6. The quantitative estimate of drug-likeness (QED) is 0.0269. The highest BCUT2D eigenvalue weighted by molar-refractivity contribution is 7.98. The zero-order chi connectivity index (χ0) is 107. The molecule has 140 heavy (non-hydrogen) atoms. The number of primary amides is 4. The molecule has 786 valence electrons. The van der Waals surface area contributed by atoms with E-state index >= 15 is 0 Å². The molecule has 2 rings (SSSR count). The topological polar surface area (TPSA) is 906 Å². The first kappa shape index (κ1) is 122. The first-order valence-corrected chi connectivity index (χ1v) is 46.3. The van der Waals surface area contributed by atoms with Crippen molar-refractivity contribution in [2.75, 3.05) is 51.5 Å². The maximum atomic E-state index is 14.5. The van der Waals surface area contributed by atoms with Gasteiger partial charge in [-0.1, -0.05) is 55.4 Å². The van der Waals surface area contributed by atoms with Crippen LogP contribution in [0.3, 0.4) is 0 Å². The molecule has 0 spiro atoms. The highest BCUT2D eigenvalue weighted by atomic mass is 32.2. The van der Waals surface area contributed by atoms with Gasteiger partial charge in [-0.25, -0.2) is 4.79 Å². The summed E-state index contributed by atoms with van der Waals surface area (Å²) in [5.41, 5.74) is 27.1. The SMILES string of the molecule is CSCC[C@H](NC(=O)CNC(=O)[C@H](CCC(N)=O)NC(=O)[C@@H](NC(=O)[C@@H](N)CO)C(C)C)C(=O)N[C@@H](CO)C(=O)N[C@@H](CCC(N)=O)C(=O)N[C@@H](CC(=O)O)C(=O)N1CCC[C@H]1C(=O)N[C@H](C(=O)N[C@@H](C)C(=O)N[C@H](C(=O)N[C@@H](C)C(=O)N[C@@H](C)C(=O)N[C@@H](CO)C(=O)N[C@@H](CC(N)=O)C(=O)N[C@@H](CC(N)=O)C(=O)N1CCC[C@H]1C(=O)N[C@@H](CCC(=O)O)C(=O)N[C@@H](CC(C)C)C(=O)O)C(C)C)C(C)C. The maximum absolute atomic E-state index is 14.5. The summed E-state index contributed by atoms with van der Waals surface area (Å²) in [5, 5.41) is 98.3. The number of aliphatic carboxylic acids is 3. The number of carboxylic acids is 3. The number of nitrogens with one attached hydrogen (secondary N) is 17. The largest absolute Gasteiger partial charge is 0.481 e. The third-order valence-corrected chi connectivity index (χ3v) is 22.4. The van der Waals surface area contributed by atoms with Crippen molar-refractivity contribution in [2.45, 2.75) is 287 Å². The van der Waals surface area contributed by atoms with Crippen LogP contribution >= 0.6 is 11.8 Å². The number of hydrogen-bond donors (Lipinski definition) is 28. The van der Waals surface area contributed by atoms with Gasteiger partial charge in [-0.15, -0.1) is 0 Å². The number of thioether (sulfide) groups is 1. The van der Waals surface area contributed by atoms with Gasteiger partial charge in [0.15, 0.2) is 0 Å². The second kappa shape index (κ2) is 60.3. The van der Waals surface area contributed by atoms with Gasteiger partial charge in [0, 0.05) is 32.4 Å². The van der Waals surface area contributed by atoms with Gasteiger partial charge in [0.1, 0.15) is 115 Å². The number of aliphatic hydroxyl groups is 3. The smallest absolute Gasteiger partial charge is 0.326 e. The molecule has 0 saturated carbocycles. The zero-order valence-electron chi connectivity index (χ0n) is 79.8. The first-order valence-electron chi connectivity index (χ1n) is 45.0. The molecule has 0 radical (unpaired) electrons. The fourth-order valence-corrected chi connectivity index (χ4v) is 14.5. The molecule has 23 amide bonds. The molecular weight excluding hydrogens is 1880 g/mol. The van der Waals surface area contributed by atoms with E-state index in [0.717, 1.165) is 16.7 Å². The summed E-state index contributed by atoms with van der Waals surface area (Å²) < 4.78 is 0. The Morgan fingerprint density at radius 2 is 0.671 bits per heavy atom. The van der Waals surface area contributed by atoms with Gasteiger partial charge < -0.3 is 159 Å². The van der Waals surface area contributed by atoms with E-state index in [2.05, 4.69) is 90.4 Å². The Morgan fingerprint density at radius 1 is 0.336 bits per heavy atom. The van der Waals surface area contributed by atoms with Gasteiger partial charge in [-0.05, 0) is 114 Å². The molecule has 2 aliphatic rings. The second-order valence-electron chi connectivity index (χ2n) is 34.9. The lowest BCUT2D eigenvalue weighted by atomic mass is 10.0. The van der Waals surface area contributed by atoms with Crippen molar-refractivity contribution in [3.8, 4) is 0 Å². The monoisotopic (exact) mass is 2010 g/mol. The van der Waals surface area contributed by atoms with Crippen molar-refractivity contribution in [3.63, 3.8) is 0 Å². The van der Waals surface area contributed by atoms with Crippen molar-refractivity contribution in [1.82, 2.24) is 100 Å². The van der Waals surface area contributed by atoms with Crippen LogP contribution in [0.5, 0.6) is 0 Å². The van der Waals surface area contributed by atoms with Crippen molar-refractivity contribution in [3.05, 3.63) is 0 Å². The van der Waals surface area contributed by atoms with Crippen LogP contribution in [0.15, 0.2) is 0 Å². The van der Waals surface area contributed by atoms with Crippen LogP contribution in [-0.2, 0) is 125 Å². The average Bonchev–Trinajstić information content (AvgIpc) is 1.66. The van der Waals surface area contributed by atoms with E-state index in [4.69, 9.17) is 28.7 Å². The minimum atomic E-state index is -2.04. The number of likely N-dealkylation sites (tertiary alicyclic amines) is 2. The standard InChI is InChI=1S/C83H136N24O32S/c1-35(2)27-50(83(138)139)100-71(126)45(19-22-60(116)117)95-76(131)53-15-13-24-106(53)81(136)48(29-58(88)114)98-73(128)47(28-57(87)113)97-75(130)51(33-109)101-66(121)40(10)90-65(120)39(9)91-78(133)62(36(3)4)103-67(122)41(11)92-79(134)63(37(5)6)105-77(132)54-16-14-25-107(54)82(137)49(30-61(118)119)99-70(125)44(18-21-56(86)112)94-74(129)52(34-110)102-72(127)46(23-26-140-12)93-59(115)31-89-69(124)43(17-20-55(85)111)96-80(135)64(38(7)8)104-68(123)42(84)32-108/h35-54,62-64,108-110H,13-34,84H2,1-12H3,(H2,85,111)(H2,86,112)(H2,87,113)(H2,88,114)(H,89,124)(H,90,120)(H,91,133)(H,92,134)(H,93,115)(H,94,129)(H,95,131)(H,96,135)(H,97,130)(H,98,128)(H,99,125)(H,100,126)(H,101,121)(H,102,127)(H,103,122)(H,104,123)(H,105,132)(H,116,117)(H,118,119)(H,138,139)/t39-,40-,41-,42-,43-,44-,45-,46-,47-,48-,49-,50-,51-,52-,53-,54-,62-,63-,64-/m0/s1. The van der Waals surface area contributed by atoms with E-state index in [1.54, 1.807) is 34.0 Å². The Labute approximate surface area is 808 Å². The van der Waals surface area contributed by atoms with E-state index in [1.807, 2.05) is 0 Å². The van der Waals surface area contributed by atoms with Gasteiger partial charge in [0.25, 0.3) is 0 Å². The van der Waals surface area contributed by atoms with E-state index < -0.39 is 370 Å². The lowest BCUT2D eigenvalue weighted by Gasteiger charge is -2.31. The molecule has 2 aliphatic heterocycles. The third kappa shape index (κ3) is 42.0. The van der Waals surface area contributed by atoms with Gasteiger partial charge >= 0.3 is 17.9 Å². The van der Waals surface area contributed by atoms with E-state index in [1.165, 1.54) is 53.3 Å². The second-order valence-corrected chi connectivity index (χ2v) is 35.9. The Bertz CT molecular complexity index is 4470. The molecule has 0 aromatic rings. The van der Waals surface area contributed by atoms with Crippen molar-refractivity contribution < 1.29 is 155 Å². The van der Waals surface area contributed by atoms with E-state index in [-0.39, 0.29) is 63.3 Å². The highest BCUT2D eigenvalue weighted by Gasteiger charge is 2.45. The number of nitrogens with zero attached hydrogens (tertiary/aromatic N) is 2. The van der Waals surface area contributed by atoms with Crippen molar-refractivity contribution in [1.29, 1.82) is 0 Å². The summed E-state index contributed by atoms with van der Waals surface area (Å²) in [4.78, 5) is 348. The molecule has 0 bridgehead atoms. The van der Waals surface area contributed by atoms with Gasteiger partial charge in [0.2, 0.25) is 136 Å². The van der Waals surface area contributed by atoms with Gasteiger partial charge in [-0.2, -0.15) is 11.8 Å². The molecular formula is C83H136N24O32S. The minimum Gasteiger partial charge on any atom is -0.481 e. The van der Waals surface area contributed by atoms with Crippen LogP contribution in [0.2, 0.25) is 0 Å². The number of carbonyl (C=O) groups is 26. The average molecular weight is 2010 g/mol. The van der Waals surface area contributed by atoms with Crippen LogP contribution in [0.25, 0.3) is 0 Å². The highest BCUT2D eigenvalue weighted by Crippen LogP contribution is 2.24. The lowest BCUT2D eigenvalue weighted by Crippen LogP contribution is -2.61. The molecule has 57 heteroatoms. The fraction of sp³-hybridized carbons (Fsp3) is 0.687. The predicted octanol–water partition coefficient (Wildman–Crippen LogP) is -13.3. The molecule has 33 N–H and O–H groups in total. The Balaban J connectivity index is 2.23. The third-order valence-electron chi connectivity index (χ3n) is 21.8. The number of nitrogens with two attached hydrogens (primary N) is 5. The number of hydrogen-bond acceptors (Lipinski definition) is 31. The Kier molecular flexibility index (Phi) is 52.8. The molecule has 2 fully saturated rings. The summed E-state index contributed by atoms with van der Waals surface area (Å²) >= 11 is 1.20. The van der Waals surface area contributed by atoms with E-state index in [0.29, 0.717) is 0 Å². The number of aliphatic hydroxyl groups excluding tert-OH is 3. The predicted molar refractivity (Wildman–Crippen MR) is 488 cm³/mol. The van der Waals surface area contributed by atoms with Crippen LogP contribution in [0.4, 0.5) is 0 Å². The van der Waals surface area contributed by atoms with Crippen LogP contribution < -0.4 is 119 Å². The molecule has 2 heterocycles. The number of carbonyl (C=O) groups excluding carboxylic acids is 23. The summed E-state index contributed by atoms with van der Waals surface area (Å²) in [6.07, 6.45) is -5.04. The molecule has 0 aromatic carbocycles. The van der Waals surface area contributed by atoms with Crippen LogP contribution in [0, 0.1) is 23.7 Å². The van der Waals surface area contributed by atoms with Gasteiger partial charge in [0.05, 0.1) is 45.6 Å². The molecule has 0 unspecified atom stereocenters. The molecule has 0 aromatic heterocycles. The van der Waals surface area contributed by atoms with Crippen molar-refractivity contribution in [2.24, 2.45) is 52.3 Å². The molecule has 19 atom stereocenters. The number of amides is 23. The fourth-order valence-electron chi connectivity index (χ4n) is 14.0. The summed E-state index contributed by atoms with van der Waals surface area (Å²) in [7, 11) is 0. The molecule has 2 saturated heterocycles. The van der Waals surface area contributed by atoms with Crippen LogP contribution in [-0.4, -0.2) is 360 Å².